The Bertz CT molecular complexity index is 2370. The molecule has 0 saturated heterocycles. The van der Waals surface area contributed by atoms with Crippen LogP contribution < -0.4 is 0 Å². The number of nitrogens with zero attached hydrogens (tertiary/aromatic N) is 2. The number of allylic oxidation sites excluding steroid dienone is 1. The molecule has 0 amide bonds. The summed E-state index contributed by atoms with van der Waals surface area (Å²) in [5, 5.41) is 15.9. The second kappa shape index (κ2) is 8.65. The number of nitriles is 1. The SMILES string of the molecule is N#Cc1ccc2sc3c(ccc4sc5c(c43)CC(c3ccccc3-n3c4ccccc4c4ccccc43)C=C5)c2c1. The van der Waals surface area contributed by atoms with Gasteiger partial charge in [-0.3, -0.25) is 0 Å². The summed E-state index contributed by atoms with van der Waals surface area (Å²) in [6, 6.07) is 39.3. The van der Waals surface area contributed by atoms with Gasteiger partial charge in [-0.1, -0.05) is 66.7 Å². The van der Waals surface area contributed by atoms with Crippen molar-refractivity contribution in [3.8, 4) is 11.8 Å². The summed E-state index contributed by atoms with van der Waals surface area (Å²) in [5.41, 5.74) is 7.25. The van der Waals surface area contributed by atoms with Crippen LogP contribution in [0.2, 0.25) is 0 Å². The highest BCUT2D eigenvalue weighted by Gasteiger charge is 2.25. The lowest BCUT2D eigenvalue weighted by atomic mass is 9.86. The van der Waals surface area contributed by atoms with Gasteiger partial charge < -0.3 is 4.57 Å². The van der Waals surface area contributed by atoms with Crippen LogP contribution in [-0.4, -0.2) is 4.57 Å². The topological polar surface area (TPSA) is 28.7 Å². The molecule has 9 rings (SSSR count). The molecule has 0 saturated carbocycles. The lowest BCUT2D eigenvalue weighted by molar-refractivity contribution is 0.828. The van der Waals surface area contributed by atoms with Crippen molar-refractivity contribution in [2.75, 3.05) is 0 Å². The standard InChI is InChI=1S/C37H22N2S2/c38-21-22-13-16-33-28(19-22)27-15-18-35-36(37(27)41-33)29-20-23(14-17-34(29)40-35)24-7-1-4-10-30(24)39-31-11-5-2-8-25(31)26-9-3-6-12-32(26)39/h1-19,23H,20H2. The molecule has 0 fully saturated rings. The fraction of sp³-hybridized carbons (Fsp3) is 0.0541. The number of thiophene rings is 2. The molecule has 0 radical (unpaired) electrons. The molecule has 1 atom stereocenters. The third-order valence-corrected chi connectivity index (χ3v) is 11.0. The minimum Gasteiger partial charge on any atom is -0.309 e. The van der Waals surface area contributed by atoms with Crippen LogP contribution in [0.3, 0.4) is 0 Å². The molecule has 1 aliphatic rings. The predicted molar refractivity (Wildman–Crippen MR) is 176 cm³/mol. The van der Waals surface area contributed by atoms with Crippen LogP contribution in [0.4, 0.5) is 0 Å². The summed E-state index contributed by atoms with van der Waals surface area (Å²) < 4.78 is 6.38. The molecular weight excluding hydrogens is 537 g/mol. The summed E-state index contributed by atoms with van der Waals surface area (Å²) >= 11 is 3.76. The Morgan fingerprint density at radius 1 is 0.707 bits per heavy atom. The largest absolute Gasteiger partial charge is 0.309 e. The third-order valence-electron chi connectivity index (χ3n) is 8.61. The minimum atomic E-state index is 0.270. The molecule has 4 heteroatoms. The van der Waals surface area contributed by atoms with E-state index < -0.39 is 0 Å². The quantitative estimate of drug-likeness (QED) is 0.207. The first-order chi connectivity index (χ1) is 20.3. The maximum absolute atomic E-state index is 9.49. The summed E-state index contributed by atoms with van der Waals surface area (Å²) in [6.45, 7) is 0. The van der Waals surface area contributed by atoms with Gasteiger partial charge in [-0.05, 0) is 66.1 Å². The molecule has 41 heavy (non-hydrogen) atoms. The fourth-order valence-corrected chi connectivity index (χ4v) is 9.27. The number of aromatic nitrogens is 1. The minimum absolute atomic E-state index is 0.270. The Morgan fingerprint density at radius 2 is 1.44 bits per heavy atom. The van der Waals surface area contributed by atoms with E-state index >= 15 is 0 Å². The van der Waals surface area contributed by atoms with Gasteiger partial charge in [0.25, 0.3) is 0 Å². The lowest BCUT2D eigenvalue weighted by Crippen LogP contribution is -2.08. The average Bonchev–Trinajstić information content (AvgIpc) is 3.69. The first-order valence-corrected chi connectivity index (χ1v) is 15.5. The van der Waals surface area contributed by atoms with Gasteiger partial charge in [0, 0.05) is 57.5 Å². The van der Waals surface area contributed by atoms with Gasteiger partial charge >= 0.3 is 0 Å². The van der Waals surface area contributed by atoms with Crippen molar-refractivity contribution in [2.45, 2.75) is 12.3 Å². The molecule has 0 aliphatic heterocycles. The molecule has 0 spiro atoms. The van der Waals surface area contributed by atoms with Crippen LogP contribution in [0.1, 0.15) is 27.5 Å². The number of hydrogen-bond donors (Lipinski definition) is 0. The van der Waals surface area contributed by atoms with Crippen LogP contribution >= 0.6 is 22.7 Å². The molecule has 3 aromatic heterocycles. The highest BCUT2D eigenvalue weighted by Crippen LogP contribution is 2.47. The van der Waals surface area contributed by atoms with E-state index in [0.29, 0.717) is 5.56 Å². The third kappa shape index (κ3) is 3.28. The van der Waals surface area contributed by atoms with Crippen molar-refractivity contribution in [1.82, 2.24) is 4.57 Å². The predicted octanol–water partition coefficient (Wildman–Crippen LogP) is 10.6. The summed E-state index contributed by atoms with van der Waals surface area (Å²) in [7, 11) is 0. The summed E-state index contributed by atoms with van der Waals surface area (Å²) in [5.74, 6) is 0.270. The second-order valence-corrected chi connectivity index (χ2v) is 12.9. The number of para-hydroxylation sites is 3. The van der Waals surface area contributed by atoms with Crippen molar-refractivity contribution in [3.63, 3.8) is 0 Å². The van der Waals surface area contributed by atoms with Crippen molar-refractivity contribution in [2.24, 2.45) is 0 Å². The van der Waals surface area contributed by atoms with Gasteiger partial charge in [-0.15, -0.1) is 22.7 Å². The normalized spacial score (nSPS) is 14.9. The smallest absolute Gasteiger partial charge is 0.0991 e. The van der Waals surface area contributed by atoms with E-state index in [1.807, 2.05) is 34.8 Å². The second-order valence-electron chi connectivity index (χ2n) is 10.8. The molecule has 5 aromatic carbocycles. The van der Waals surface area contributed by atoms with Crippen LogP contribution in [0.5, 0.6) is 0 Å². The zero-order valence-electron chi connectivity index (χ0n) is 22.0. The van der Waals surface area contributed by atoms with Crippen molar-refractivity contribution >= 4 is 80.8 Å². The molecule has 1 unspecified atom stereocenters. The average molecular weight is 559 g/mol. The molecule has 0 bridgehead atoms. The van der Waals surface area contributed by atoms with E-state index in [9.17, 15) is 5.26 Å². The van der Waals surface area contributed by atoms with Gasteiger partial charge in [0.1, 0.15) is 0 Å². The summed E-state index contributed by atoms with van der Waals surface area (Å²) in [4.78, 5) is 1.37. The zero-order chi connectivity index (χ0) is 27.1. The molecular formula is C37H22N2S2. The first-order valence-electron chi connectivity index (χ1n) is 13.8. The Balaban J connectivity index is 1.24. The molecule has 3 heterocycles. The Labute approximate surface area is 244 Å². The first kappa shape index (κ1) is 23.1. The fourth-order valence-electron chi connectivity index (χ4n) is 6.79. The Morgan fingerprint density at radius 3 is 2.24 bits per heavy atom. The lowest BCUT2D eigenvalue weighted by Gasteiger charge is -2.22. The summed E-state index contributed by atoms with van der Waals surface area (Å²) in [6.07, 6.45) is 5.73. The van der Waals surface area contributed by atoms with E-state index in [2.05, 4.69) is 114 Å². The molecule has 1 aliphatic carbocycles. The van der Waals surface area contributed by atoms with Crippen LogP contribution in [0.15, 0.2) is 109 Å². The van der Waals surface area contributed by atoms with Crippen LogP contribution in [-0.2, 0) is 6.42 Å². The van der Waals surface area contributed by atoms with Crippen LogP contribution in [0, 0.1) is 11.3 Å². The highest BCUT2D eigenvalue weighted by atomic mass is 32.1. The van der Waals surface area contributed by atoms with E-state index in [4.69, 9.17) is 0 Å². The molecule has 2 nitrogen and oxygen atoms in total. The number of fused-ring (bicyclic) bond motifs is 10. The van der Waals surface area contributed by atoms with Gasteiger partial charge in [0.15, 0.2) is 0 Å². The van der Waals surface area contributed by atoms with E-state index in [1.165, 1.54) is 73.8 Å². The molecule has 192 valence electrons. The van der Waals surface area contributed by atoms with E-state index in [1.54, 1.807) is 0 Å². The van der Waals surface area contributed by atoms with Crippen LogP contribution in [0.25, 0.3) is 63.8 Å². The Kier molecular flexibility index (Phi) is 4.87. The van der Waals surface area contributed by atoms with Gasteiger partial charge in [-0.2, -0.15) is 5.26 Å². The number of hydrogen-bond acceptors (Lipinski definition) is 3. The number of rotatable bonds is 2. The van der Waals surface area contributed by atoms with Gasteiger partial charge in [-0.25, -0.2) is 0 Å². The maximum Gasteiger partial charge on any atom is 0.0991 e. The van der Waals surface area contributed by atoms with Crippen molar-refractivity contribution in [1.29, 1.82) is 5.26 Å². The highest BCUT2D eigenvalue weighted by molar-refractivity contribution is 7.28. The van der Waals surface area contributed by atoms with Gasteiger partial charge in [0.2, 0.25) is 0 Å². The number of benzene rings is 5. The van der Waals surface area contributed by atoms with Crippen molar-refractivity contribution in [3.05, 3.63) is 131 Å². The van der Waals surface area contributed by atoms with E-state index in [-0.39, 0.29) is 5.92 Å². The Hall–Kier alpha value is -4.69. The maximum atomic E-state index is 9.49. The van der Waals surface area contributed by atoms with Crippen molar-refractivity contribution < 1.29 is 0 Å². The van der Waals surface area contributed by atoms with E-state index in [0.717, 1.165) is 6.42 Å². The zero-order valence-corrected chi connectivity index (χ0v) is 23.6. The molecule has 8 aromatic rings. The monoisotopic (exact) mass is 558 g/mol. The molecule has 0 N–H and O–H groups in total. The van der Waals surface area contributed by atoms with Gasteiger partial charge in [0.05, 0.1) is 22.7 Å².